The Morgan fingerprint density at radius 2 is 2.17 bits per heavy atom. The van der Waals surface area contributed by atoms with Gasteiger partial charge in [0.25, 0.3) is 0 Å². The number of hydrogen-bond donors (Lipinski definition) is 2. The van der Waals surface area contributed by atoms with Crippen molar-refractivity contribution < 1.29 is 0 Å². The molecule has 3 heterocycles. The average molecular weight is 342 g/mol. The lowest BCUT2D eigenvalue weighted by molar-refractivity contribution is 1.18. The van der Waals surface area contributed by atoms with Gasteiger partial charge < -0.3 is 10.3 Å². The zero-order valence-corrected chi connectivity index (χ0v) is 13.5. The summed E-state index contributed by atoms with van der Waals surface area (Å²) in [6.45, 7) is 0.694. The number of halogens is 1. The topological polar surface area (TPSA) is 66.5 Å². The highest BCUT2D eigenvalue weighted by Crippen LogP contribution is 2.23. The highest BCUT2D eigenvalue weighted by molar-refractivity contribution is 7.15. The van der Waals surface area contributed by atoms with E-state index in [2.05, 4.69) is 25.3 Å². The van der Waals surface area contributed by atoms with E-state index < -0.39 is 0 Å². The summed E-state index contributed by atoms with van der Waals surface area (Å²) in [6.07, 6.45) is 5.33. The number of anilines is 1. The number of thiazole rings is 1. The van der Waals surface area contributed by atoms with Crippen molar-refractivity contribution in [2.45, 2.75) is 6.54 Å². The Kier molecular flexibility index (Phi) is 3.69. The van der Waals surface area contributed by atoms with Crippen molar-refractivity contribution in [3.8, 4) is 11.4 Å². The molecule has 5 nitrogen and oxygen atoms in total. The molecule has 23 heavy (non-hydrogen) atoms. The van der Waals surface area contributed by atoms with Crippen LogP contribution in [0.3, 0.4) is 0 Å². The first-order valence-corrected chi connectivity index (χ1v) is 8.21. The molecule has 0 bridgehead atoms. The Morgan fingerprint density at radius 3 is 2.96 bits per heavy atom. The molecule has 0 saturated heterocycles. The van der Waals surface area contributed by atoms with Gasteiger partial charge in [0, 0.05) is 34.7 Å². The minimum Gasteiger partial charge on any atom is -0.380 e. The number of fused-ring (bicyclic) bond motifs is 1. The van der Waals surface area contributed by atoms with Crippen LogP contribution in [0.2, 0.25) is 4.47 Å². The summed E-state index contributed by atoms with van der Waals surface area (Å²) in [6, 6.07) is 9.93. The molecular weight excluding hydrogens is 330 g/mol. The number of H-pyrrole nitrogens is 1. The first-order chi connectivity index (χ1) is 11.3. The average Bonchev–Trinajstić information content (AvgIpc) is 3.19. The minimum absolute atomic E-state index is 0.562. The van der Waals surface area contributed by atoms with Crippen molar-refractivity contribution in [1.29, 1.82) is 0 Å². The van der Waals surface area contributed by atoms with Crippen LogP contribution in [0.4, 0.5) is 5.69 Å². The molecule has 7 heteroatoms. The predicted molar refractivity (Wildman–Crippen MR) is 93.8 cm³/mol. The number of imidazole rings is 1. The molecular formula is C16H12ClN5S. The van der Waals surface area contributed by atoms with Crippen molar-refractivity contribution in [2.24, 2.45) is 0 Å². The number of nitrogens with one attached hydrogen (secondary N) is 2. The maximum Gasteiger partial charge on any atom is 0.183 e. The van der Waals surface area contributed by atoms with Crippen molar-refractivity contribution in [3.63, 3.8) is 0 Å². The van der Waals surface area contributed by atoms with E-state index >= 15 is 0 Å². The zero-order chi connectivity index (χ0) is 15.6. The van der Waals surface area contributed by atoms with Crippen molar-refractivity contribution in [3.05, 3.63) is 58.3 Å². The molecule has 0 saturated carbocycles. The number of nitrogens with zero attached hydrogens (tertiary/aromatic N) is 3. The molecule has 4 rings (SSSR count). The standard InChI is InChI=1S/C16H12ClN5S/c17-16-20-9-12(23-16)8-19-11-3-4-13-14(6-11)22-15(21-13)10-2-1-5-18-7-10/h1-7,9,19H,8H2,(H,21,22). The molecule has 0 amide bonds. The van der Waals surface area contributed by atoms with Crippen molar-refractivity contribution in [1.82, 2.24) is 19.9 Å². The van der Waals surface area contributed by atoms with Gasteiger partial charge in [-0.05, 0) is 30.3 Å². The molecule has 0 fully saturated rings. The molecule has 0 atom stereocenters. The lowest BCUT2D eigenvalue weighted by atomic mass is 10.3. The second-order valence-electron chi connectivity index (χ2n) is 4.99. The molecule has 114 valence electrons. The Hall–Kier alpha value is -2.44. The molecule has 0 spiro atoms. The third-order valence-electron chi connectivity index (χ3n) is 3.41. The maximum atomic E-state index is 5.84. The Labute approximate surface area is 141 Å². The summed E-state index contributed by atoms with van der Waals surface area (Å²) in [5.41, 5.74) is 3.90. The fourth-order valence-electron chi connectivity index (χ4n) is 2.31. The first-order valence-electron chi connectivity index (χ1n) is 7.02. The second kappa shape index (κ2) is 5.98. The SMILES string of the molecule is Clc1ncc(CNc2ccc3nc(-c4cccnc4)[nH]c3c2)s1. The second-order valence-corrected chi connectivity index (χ2v) is 6.69. The summed E-state index contributed by atoms with van der Waals surface area (Å²) >= 11 is 7.32. The highest BCUT2D eigenvalue weighted by Gasteiger charge is 2.06. The molecule has 0 aliphatic rings. The van der Waals surface area contributed by atoms with Crippen molar-refractivity contribution in [2.75, 3.05) is 5.32 Å². The summed E-state index contributed by atoms with van der Waals surface area (Å²) in [7, 11) is 0. The van der Waals surface area contributed by atoms with E-state index in [-0.39, 0.29) is 0 Å². The van der Waals surface area contributed by atoms with Crippen LogP contribution in [0.15, 0.2) is 48.9 Å². The number of hydrogen-bond acceptors (Lipinski definition) is 5. The smallest absolute Gasteiger partial charge is 0.183 e. The van der Waals surface area contributed by atoms with Gasteiger partial charge in [0.2, 0.25) is 0 Å². The monoisotopic (exact) mass is 341 g/mol. The van der Waals surface area contributed by atoms with Crippen LogP contribution in [-0.2, 0) is 6.54 Å². The number of benzene rings is 1. The van der Waals surface area contributed by atoms with Crippen LogP contribution >= 0.6 is 22.9 Å². The number of pyridine rings is 1. The Bertz CT molecular complexity index is 947. The lowest BCUT2D eigenvalue weighted by Crippen LogP contribution is -1.96. The largest absolute Gasteiger partial charge is 0.380 e. The number of rotatable bonds is 4. The molecule has 3 aromatic heterocycles. The normalized spacial score (nSPS) is 11.0. The fourth-order valence-corrected chi connectivity index (χ4v) is 3.23. The van der Waals surface area contributed by atoms with Gasteiger partial charge >= 0.3 is 0 Å². The van der Waals surface area contributed by atoms with Crippen LogP contribution < -0.4 is 5.32 Å². The summed E-state index contributed by atoms with van der Waals surface area (Å²) in [4.78, 5) is 17.2. The van der Waals surface area contributed by atoms with Crippen LogP contribution in [0.1, 0.15) is 4.88 Å². The fraction of sp³-hybridized carbons (Fsp3) is 0.0625. The molecule has 1 aromatic carbocycles. The quantitative estimate of drug-likeness (QED) is 0.579. The molecule has 2 N–H and O–H groups in total. The van der Waals surface area contributed by atoms with E-state index in [1.165, 1.54) is 11.3 Å². The van der Waals surface area contributed by atoms with E-state index in [9.17, 15) is 0 Å². The highest BCUT2D eigenvalue weighted by atomic mass is 35.5. The van der Waals surface area contributed by atoms with Gasteiger partial charge in [-0.25, -0.2) is 9.97 Å². The van der Waals surface area contributed by atoms with E-state index in [4.69, 9.17) is 11.6 Å². The molecule has 0 aliphatic heterocycles. The molecule has 0 unspecified atom stereocenters. The van der Waals surface area contributed by atoms with Gasteiger partial charge in [0.1, 0.15) is 5.82 Å². The number of aromatic amines is 1. The Balaban J connectivity index is 1.58. The minimum atomic E-state index is 0.562. The third-order valence-corrected chi connectivity index (χ3v) is 4.52. The van der Waals surface area contributed by atoms with Gasteiger partial charge in [0.05, 0.1) is 17.6 Å². The first kappa shape index (κ1) is 14.2. The van der Waals surface area contributed by atoms with E-state index in [0.717, 1.165) is 33.0 Å². The summed E-state index contributed by atoms with van der Waals surface area (Å²) in [5, 5.41) is 3.37. The van der Waals surface area contributed by atoms with Crippen molar-refractivity contribution >= 4 is 39.7 Å². The summed E-state index contributed by atoms with van der Waals surface area (Å²) in [5.74, 6) is 0.819. The van der Waals surface area contributed by atoms with Crippen LogP contribution in [-0.4, -0.2) is 19.9 Å². The third kappa shape index (κ3) is 3.04. The van der Waals surface area contributed by atoms with Crippen LogP contribution in [0, 0.1) is 0 Å². The van der Waals surface area contributed by atoms with Gasteiger partial charge in [-0.2, -0.15) is 0 Å². The van der Waals surface area contributed by atoms with Gasteiger partial charge in [-0.3, -0.25) is 4.98 Å². The Morgan fingerprint density at radius 1 is 1.22 bits per heavy atom. The molecule has 0 aliphatic carbocycles. The summed E-state index contributed by atoms with van der Waals surface area (Å²) < 4.78 is 0.562. The molecule has 4 aromatic rings. The van der Waals surface area contributed by atoms with E-state index in [1.54, 1.807) is 18.6 Å². The zero-order valence-electron chi connectivity index (χ0n) is 12.0. The van der Waals surface area contributed by atoms with Gasteiger partial charge in [-0.1, -0.05) is 11.6 Å². The van der Waals surface area contributed by atoms with Crippen LogP contribution in [0.25, 0.3) is 22.4 Å². The maximum absolute atomic E-state index is 5.84. The number of aromatic nitrogens is 4. The van der Waals surface area contributed by atoms with E-state index in [1.807, 2.05) is 30.3 Å². The van der Waals surface area contributed by atoms with E-state index in [0.29, 0.717) is 11.0 Å². The lowest BCUT2D eigenvalue weighted by Gasteiger charge is -2.03. The van der Waals surface area contributed by atoms with Gasteiger partial charge in [-0.15, -0.1) is 11.3 Å². The van der Waals surface area contributed by atoms with Gasteiger partial charge in [0.15, 0.2) is 4.47 Å². The van der Waals surface area contributed by atoms with Crippen LogP contribution in [0.5, 0.6) is 0 Å². The predicted octanol–water partition coefficient (Wildman–Crippen LogP) is 4.35. The molecule has 0 radical (unpaired) electrons.